The summed E-state index contributed by atoms with van der Waals surface area (Å²) in [5.41, 5.74) is 2.72. The first-order valence-electron chi connectivity index (χ1n) is 8.72. The predicted molar refractivity (Wildman–Crippen MR) is 98.9 cm³/mol. The van der Waals surface area contributed by atoms with Crippen LogP contribution in [0.2, 0.25) is 0 Å². The minimum absolute atomic E-state index is 0.0494. The van der Waals surface area contributed by atoms with Gasteiger partial charge in [0.1, 0.15) is 5.82 Å². The molecule has 1 aliphatic rings. The summed E-state index contributed by atoms with van der Waals surface area (Å²) in [5, 5.41) is 7.76. The van der Waals surface area contributed by atoms with Crippen molar-refractivity contribution in [1.82, 2.24) is 19.5 Å². The van der Waals surface area contributed by atoms with E-state index in [0.29, 0.717) is 26.2 Å². The molecule has 0 bridgehead atoms. The topological polar surface area (TPSA) is 71.8 Å². The Labute approximate surface area is 151 Å². The molecule has 7 nitrogen and oxygen atoms in total. The number of carbonyl (C=O) groups is 1. The number of fused-ring (bicyclic) bond motifs is 1. The van der Waals surface area contributed by atoms with Crippen LogP contribution in [0.3, 0.4) is 0 Å². The molecule has 26 heavy (non-hydrogen) atoms. The molecule has 1 N–H and O–H groups in total. The van der Waals surface area contributed by atoms with Crippen molar-refractivity contribution in [3.05, 3.63) is 48.7 Å². The zero-order valence-electron chi connectivity index (χ0n) is 14.6. The zero-order valence-corrected chi connectivity index (χ0v) is 14.6. The number of rotatable bonds is 4. The number of amides is 1. The van der Waals surface area contributed by atoms with Gasteiger partial charge in [-0.15, -0.1) is 0 Å². The molecule has 1 saturated heterocycles. The maximum atomic E-state index is 11.6. The molecule has 3 heterocycles. The molecule has 134 valence electrons. The fourth-order valence-corrected chi connectivity index (χ4v) is 3.14. The van der Waals surface area contributed by atoms with E-state index in [4.69, 9.17) is 4.74 Å². The predicted octanol–water partition coefficient (Wildman–Crippen LogP) is 2.06. The Kier molecular flexibility index (Phi) is 4.53. The van der Waals surface area contributed by atoms with Gasteiger partial charge in [-0.3, -0.25) is 4.79 Å². The lowest BCUT2D eigenvalue weighted by Gasteiger charge is -2.32. The highest BCUT2D eigenvalue weighted by atomic mass is 16.5. The highest BCUT2D eigenvalue weighted by Crippen LogP contribution is 2.22. The number of anilines is 1. The van der Waals surface area contributed by atoms with E-state index in [9.17, 15) is 4.79 Å². The molecule has 1 fully saturated rings. The number of carbonyl (C=O) groups excluding carboxylic acids is 1. The van der Waals surface area contributed by atoms with Gasteiger partial charge in [-0.05, 0) is 0 Å². The average molecular weight is 351 g/mol. The van der Waals surface area contributed by atoms with Crippen LogP contribution in [0, 0.1) is 0 Å². The number of nitrogens with zero attached hydrogens (tertiary/aromatic N) is 4. The molecule has 0 aliphatic carbocycles. The number of aromatic nitrogens is 3. The van der Waals surface area contributed by atoms with Crippen molar-refractivity contribution in [1.29, 1.82) is 0 Å². The van der Waals surface area contributed by atoms with E-state index in [1.807, 2.05) is 47.4 Å². The Morgan fingerprint density at radius 2 is 2.15 bits per heavy atom. The monoisotopic (exact) mass is 351 g/mol. The summed E-state index contributed by atoms with van der Waals surface area (Å²) in [6.07, 6.45) is 1.68. The molecule has 4 rings (SSSR count). The Balaban J connectivity index is 1.56. The first kappa shape index (κ1) is 16.5. The fourth-order valence-electron chi connectivity index (χ4n) is 3.14. The van der Waals surface area contributed by atoms with Gasteiger partial charge in [-0.25, -0.2) is 4.98 Å². The molecule has 2 aromatic heterocycles. The number of benzene rings is 1. The second kappa shape index (κ2) is 7.13. The van der Waals surface area contributed by atoms with E-state index in [1.54, 1.807) is 17.6 Å². The van der Waals surface area contributed by atoms with E-state index < -0.39 is 0 Å². The van der Waals surface area contributed by atoms with Crippen molar-refractivity contribution in [2.45, 2.75) is 13.0 Å². The first-order chi connectivity index (χ1) is 12.7. The van der Waals surface area contributed by atoms with Gasteiger partial charge in [-0.2, -0.15) is 9.61 Å². The molecule has 3 aromatic rings. The molecule has 0 radical (unpaired) electrons. The van der Waals surface area contributed by atoms with Gasteiger partial charge >= 0.3 is 0 Å². The summed E-state index contributed by atoms with van der Waals surface area (Å²) in [5.74, 6) is 0.936. The number of nitrogens with one attached hydrogen (secondary N) is 1. The van der Waals surface area contributed by atoms with Gasteiger partial charge in [-0.1, -0.05) is 30.3 Å². The highest BCUT2D eigenvalue weighted by Gasteiger charge is 2.22. The van der Waals surface area contributed by atoms with Gasteiger partial charge < -0.3 is 15.0 Å². The zero-order chi connectivity index (χ0) is 17.9. The maximum Gasteiger partial charge on any atom is 0.219 e. The van der Waals surface area contributed by atoms with Crippen LogP contribution in [0.5, 0.6) is 0 Å². The minimum Gasteiger partial charge on any atom is -0.373 e. The standard InChI is InChI=1S/C19H21N5O2/c1-14(25)23-9-10-26-16(13-23)12-20-19-11-17(15-5-3-2-4-6-15)22-18-7-8-21-24(18)19/h2-8,11,16,20H,9-10,12-13H2,1H3/t16-/m1/s1. The lowest BCUT2D eigenvalue weighted by atomic mass is 10.1. The summed E-state index contributed by atoms with van der Waals surface area (Å²) < 4.78 is 7.56. The van der Waals surface area contributed by atoms with Gasteiger partial charge in [0.2, 0.25) is 5.91 Å². The number of ether oxygens (including phenoxy) is 1. The number of hydrogen-bond donors (Lipinski definition) is 1. The second-order valence-corrected chi connectivity index (χ2v) is 6.33. The summed E-state index contributed by atoms with van der Waals surface area (Å²) in [6, 6.07) is 13.9. The summed E-state index contributed by atoms with van der Waals surface area (Å²) in [6.45, 7) is 4.01. The Hall–Kier alpha value is -2.93. The largest absolute Gasteiger partial charge is 0.373 e. The van der Waals surface area contributed by atoms with Crippen molar-refractivity contribution in [2.75, 3.05) is 31.6 Å². The van der Waals surface area contributed by atoms with Crippen LogP contribution in [0.1, 0.15) is 6.92 Å². The summed E-state index contributed by atoms with van der Waals surface area (Å²) in [7, 11) is 0. The Morgan fingerprint density at radius 3 is 2.96 bits per heavy atom. The van der Waals surface area contributed by atoms with Crippen LogP contribution in [-0.4, -0.2) is 57.8 Å². The Morgan fingerprint density at radius 1 is 1.31 bits per heavy atom. The van der Waals surface area contributed by atoms with Crippen LogP contribution >= 0.6 is 0 Å². The third-order valence-electron chi connectivity index (χ3n) is 4.52. The van der Waals surface area contributed by atoms with Crippen LogP contribution in [0.4, 0.5) is 5.82 Å². The molecule has 7 heteroatoms. The second-order valence-electron chi connectivity index (χ2n) is 6.33. The lowest BCUT2D eigenvalue weighted by Crippen LogP contribution is -2.47. The molecular weight excluding hydrogens is 330 g/mol. The first-order valence-corrected chi connectivity index (χ1v) is 8.72. The van der Waals surface area contributed by atoms with Crippen molar-refractivity contribution < 1.29 is 9.53 Å². The van der Waals surface area contributed by atoms with Crippen LogP contribution in [-0.2, 0) is 9.53 Å². The molecule has 0 saturated carbocycles. The molecular formula is C19H21N5O2. The van der Waals surface area contributed by atoms with Crippen molar-refractivity contribution in [2.24, 2.45) is 0 Å². The number of morpholine rings is 1. The van der Waals surface area contributed by atoms with E-state index in [-0.39, 0.29) is 12.0 Å². The summed E-state index contributed by atoms with van der Waals surface area (Å²) in [4.78, 5) is 18.1. The van der Waals surface area contributed by atoms with Crippen molar-refractivity contribution in [3.8, 4) is 11.3 Å². The third-order valence-corrected chi connectivity index (χ3v) is 4.52. The molecule has 0 unspecified atom stereocenters. The highest BCUT2D eigenvalue weighted by molar-refractivity contribution is 5.73. The SMILES string of the molecule is CC(=O)N1CCO[C@H](CNc2cc(-c3ccccc3)nc3ccnn23)C1. The van der Waals surface area contributed by atoms with Gasteiger partial charge in [0, 0.05) is 44.3 Å². The average Bonchev–Trinajstić information content (AvgIpc) is 3.16. The van der Waals surface area contributed by atoms with Gasteiger partial charge in [0.05, 0.1) is 24.6 Å². The molecule has 1 amide bonds. The van der Waals surface area contributed by atoms with E-state index in [2.05, 4.69) is 15.4 Å². The molecule has 1 aromatic carbocycles. The van der Waals surface area contributed by atoms with Crippen LogP contribution in [0.25, 0.3) is 16.9 Å². The Bertz CT molecular complexity index is 909. The third kappa shape index (κ3) is 3.39. The van der Waals surface area contributed by atoms with Crippen molar-refractivity contribution in [3.63, 3.8) is 0 Å². The normalized spacial score (nSPS) is 17.4. The van der Waals surface area contributed by atoms with Gasteiger partial charge in [0.25, 0.3) is 0 Å². The van der Waals surface area contributed by atoms with Crippen molar-refractivity contribution >= 4 is 17.4 Å². The maximum absolute atomic E-state index is 11.6. The van der Waals surface area contributed by atoms with Gasteiger partial charge in [0.15, 0.2) is 5.65 Å². The molecule has 0 spiro atoms. The van der Waals surface area contributed by atoms with E-state index >= 15 is 0 Å². The van der Waals surface area contributed by atoms with Crippen LogP contribution < -0.4 is 5.32 Å². The van der Waals surface area contributed by atoms with E-state index in [1.165, 1.54) is 0 Å². The quantitative estimate of drug-likeness (QED) is 0.779. The summed E-state index contributed by atoms with van der Waals surface area (Å²) >= 11 is 0. The smallest absolute Gasteiger partial charge is 0.219 e. The van der Waals surface area contributed by atoms with E-state index in [0.717, 1.165) is 22.7 Å². The minimum atomic E-state index is -0.0494. The number of hydrogen-bond acceptors (Lipinski definition) is 5. The molecule has 1 aliphatic heterocycles. The van der Waals surface area contributed by atoms with Crippen LogP contribution in [0.15, 0.2) is 48.7 Å². The molecule has 1 atom stereocenters. The fraction of sp³-hybridized carbons (Fsp3) is 0.316. The lowest BCUT2D eigenvalue weighted by molar-refractivity contribution is -0.135.